The molecule has 4 aromatic rings. The zero-order valence-electron chi connectivity index (χ0n) is 22.6. The summed E-state index contributed by atoms with van der Waals surface area (Å²) in [6.07, 6.45) is 8.24. The molecular formula is C28H35N7O4. The van der Waals surface area contributed by atoms with E-state index in [2.05, 4.69) is 31.1 Å². The number of nitrogens with one attached hydrogen (secondary N) is 3. The van der Waals surface area contributed by atoms with Gasteiger partial charge in [0.25, 0.3) is 5.91 Å². The molecule has 0 fully saturated rings. The topological polar surface area (TPSA) is 136 Å². The van der Waals surface area contributed by atoms with Gasteiger partial charge in [-0.05, 0) is 63.4 Å². The minimum absolute atomic E-state index is 0.114. The van der Waals surface area contributed by atoms with Crippen molar-refractivity contribution in [3.05, 3.63) is 66.5 Å². The number of rotatable bonds is 12. The number of alkyl carbamates (subject to hydrolysis) is 1. The first-order valence-electron chi connectivity index (χ1n) is 13.1. The standard InChI is InChI=1S/C28H35N7O4/c1-28(2,3)39-27(37)30-15-7-5-4-6-14-29-25(36)21-12-10-20(11-13-21)23-18-32-26(35-19-33-34-24(23)35)31-17-22-9-8-16-38-22/h8-13,16,18-19H,4-7,14-15,17H2,1-3H3,(H,29,36)(H,30,37)(H,31,32). The van der Waals surface area contributed by atoms with Crippen molar-refractivity contribution in [1.82, 2.24) is 30.2 Å². The minimum Gasteiger partial charge on any atom is -0.467 e. The molecule has 4 rings (SSSR count). The third-order valence-corrected chi connectivity index (χ3v) is 5.85. The molecule has 0 unspecified atom stereocenters. The van der Waals surface area contributed by atoms with Crippen molar-refractivity contribution in [2.45, 2.75) is 58.6 Å². The number of fused-ring (bicyclic) bond motifs is 1. The normalized spacial score (nSPS) is 11.4. The van der Waals surface area contributed by atoms with Crippen LogP contribution in [0.5, 0.6) is 0 Å². The van der Waals surface area contributed by atoms with E-state index >= 15 is 0 Å². The lowest BCUT2D eigenvalue weighted by Crippen LogP contribution is -2.33. The predicted molar refractivity (Wildman–Crippen MR) is 147 cm³/mol. The van der Waals surface area contributed by atoms with Crippen molar-refractivity contribution in [2.75, 3.05) is 18.4 Å². The molecule has 0 radical (unpaired) electrons. The highest BCUT2D eigenvalue weighted by atomic mass is 16.6. The van der Waals surface area contributed by atoms with Crippen molar-refractivity contribution < 1.29 is 18.7 Å². The Balaban J connectivity index is 1.21. The van der Waals surface area contributed by atoms with E-state index in [1.807, 2.05) is 45.0 Å². The van der Waals surface area contributed by atoms with Crippen LogP contribution in [0.3, 0.4) is 0 Å². The molecule has 0 saturated heterocycles. The Hall–Kier alpha value is -4.41. The zero-order chi connectivity index (χ0) is 27.7. The number of benzene rings is 1. The first kappa shape index (κ1) is 27.6. The monoisotopic (exact) mass is 533 g/mol. The Labute approximate surface area is 227 Å². The van der Waals surface area contributed by atoms with Gasteiger partial charge in [-0.25, -0.2) is 9.78 Å². The summed E-state index contributed by atoms with van der Waals surface area (Å²) in [5, 5.41) is 17.3. The van der Waals surface area contributed by atoms with Crippen LogP contribution in [-0.4, -0.2) is 50.3 Å². The highest BCUT2D eigenvalue weighted by molar-refractivity contribution is 5.95. The maximum absolute atomic E-state index is 12.6. The second kappa shape index (κ2) is 12.9. The van der Waals surface area contributed by atoms with Crippen molar-refractivity contribution >= 4 is 23.6 Å². The second-order valence-electron chi connectivity index (χ2n) is 10.1. The number of carbonyl (C=O) groups excluding carboxylic acids is 2. The highest BCUT2D eigenvalue weighted by Crippen LogP contribution is 2.25. The number of unbranched alkanes of at least 4 members (excludes halogenated alkanes) is 3. The average molecular weight is 534 g/mol. The Kier molecular flexibility index (Phi) is 9.14. The van der Waals surface area contributed by atoms with E-state index in [1.165, 1.54) is 0 Å². The van der Waals surface area contributed by atoms with E-state index in [9.17, 15) is 9.59 Å². The summed E-state index contributed by atoms with van der Waals surface area (Å²) in [6, 6.07) is 11.1. The van der Waals surface area contributed by atoms with Crippen LogP contribution < -0.4 is 16.0 Å². The van der Waals surface area contributed by atoms with Gasteiger partial charge in [0, 0.05) is 30.4 Å². The van der Waals surface area contributed by atoms with E-state index in [-0.39, 0.29) is 5.91 Å². The molecule has 206 valence electrons. The smallest absolute Gasteiger partial charge is 0.407 e. The lowest BCUT2D eigenvalue weighted by Gasteiger charge is -2.19. The molecule has 0 atom stereocenters. The van der Waals surface area contributed by atoms with Crippen LogP contribution in [0.4, 0.5) is 10.7 Å². The number of amides is 2. The zero-order valence-corrected chi connectivity index (χ0v) is 22.6. The molecule has 3 N–H and O–H groups in total. The van der Waals surface area contributed by atoms with Crippen molar-refractivity contribution in [3.63, 3.8) is 0 Å². The summed E-state index contributed by atoms with van der Waals surface area (Å²) < 4.78 is 12.4. The molecule has 11 nitrogen and oxygen atoms in total. The Bertz CT molecular complexity index is 1360. The first-order valence-corrected chi connectivity index (χ1v) is 13.1. The highest BCUT2D eigenvalue weighted by Gasteiger charge is 2.15. The average Bonchev–Trinajstić information content (AvgIpc) is 3.60. The minimum atomic E-state index is -0.492. The van der Waals surface area contributed by atoms with Gasteiger partial charge in [0.15, 0.2) is 5.65 Å². The number of hydrogen-bond acceptors (Lipinski definition) is 8. The van der Waals surface area contributed by atoms with Crippen LogP contribution >= 0.6 is 0 Å². The van der Waals surface area contributed by atoms with E-state index in [0.29, 0.717) is 36.8 Å². The largest absolute Gasteiger partial charge is 0.467 e. The van der Waals surface area contributed by atoms with E-state index < -0.39 is 11.7 Å². The number of aromatic nitrogens is 4. The fraction of sp³-hybridized carbons (Fsp3) is 0.393. The number of hydrogen-bond donors (Lipinski definition) is 3. The molecule has 3 heterocycles. The molecule has 0 spiro atoms. The van der Waals surface area contributed by atoms with Crippen LogP contribution in [0, 0.1) is 0 Å². The van der Waals surface area contributed by atoms with Gasteiger partial charge in [-0.3, -0.25) is 9.20 Å². The molecule has 1 aromatic carbocycles. The van der Waals surface area contributed by atoms with Crippen LogP contribution in [0.25, 0.3) is 16.8 Å². The predicted octanol–water partition coefficient (Wildman–Crippen LogP) is 4.81. The molecule has 3 aromatic heterocycles. The fourth-order valence-electron chi connectivity index (χ4n) is 3.95. The number of nitrogens with zero attached hydrogens (tertiary/aromatic N) is 4. The maximum Gasteiger partial charge on any atom is 0.407 e. The lowest BCUT2D eigenvalue weighted by atomic mass is 10.1. The molecule has 0 bridgehead atoms. The molecule has 0 aliphatic rings. The number of anilines is 1. The molecule has 0 aliphatic carbocycles. The number of furan rings is 1. The van der Waals surface area contributed by atoms with Crippen LogP contribution in [0.2, 0.25) is 0 Å². The van der Waals surface area contributed by atoms with Gasteiger partial charge >= 0.3 is 6.09 Å². The SMILES string of the molecule is CC(C)(C)OC(=O)NCCCCCCNC(=O)c1ccc(-c2cnc(NCc3ccco3)n3cnnc23)cc1. The summed E-state index contributed by atoms with van der Waals surface area (Å²) in [7, 11) is 0. The third kappa shape index (κ3) is 8.03. The van der Waals surface area contributed by atoms with Gasteiger partial charge in [0.1, 0.15) is 17.7 Å². The molecule has 0 aliphatic heterocycles. The van der Waals surface area contributed by atoms with Crippen molar-refractivity contribution in [2.24, 2.45) is 0 Å². The number of ether oxygens (including phenoxy) is 1. The van der Waals surface area contributed by atoms with Crippen molar-refractivity contribution in [1.29, 1.82) is 0 Å². The van der Waals surface area contributed by atoms with E-state index in [0.717, 1.165) is 42.6 Å². The third-order valence-electron chi connectivity index (χ3n) is 5.85. The van der Waals surface area contributed by atoms with E-state index in [1.54, 1.807) is 35.3 Å². The van der Waals surface area contributed by atoms with Gasteiger partial charge < -0.3 is 25.1 Å². The van der Waals surface area contributed by atoms with Crippen molar-refractivity contribution in [3.8, 4) is 11.1 Å². The lowest BCUT2D eigenvalue weighted by molar-refractivity contribution is 0.0526. The van der Waals surface area contributed by atoms with Crippen LogP contribution in [0.15, 0.2) is 59.6 Å². The molecule has 39 heavy (non-hydrogen) atoms. The summed E-state index contributed by atoms with van der Waals surface area (Å²) >= 11 is 0. The Morgan fingerprint density at radius 2 is 1.74 bits per heavy atom. The van der Waals surface area contributed by atoms with E-state index in [4.69, 9.17) is 9.15 Å². The molecule has 11 heteroatoms. The summed E-state index contributed by atoms with van der Waals surface area (Å²) in [6.45, 7) is 7.17. The second-order valence-corrected chi connectivity index (χ2v) is 10.1. The Morgan fingerprint density at radius 1 is 1.00 bits per heavy atom. The van der Waals surface area contributed by atoms with Crippen LogP contribution in [0.1, 0.15) is 62.6 Å². The first-order chi connectivity index (χ1) is 18.8. The Morgan fingerprint density at radius 3 is 2.44 bits per heavy atom. The summed E-state index contributed by atoms with van der Waals surface area (Å²) in [5.41, 5.74) is 2.44. The van der Waals surface area contributed by atoms with Gasteiger partial charge in [0.2, 0.25) is 5.95 Å². The number of carbonyl (C=O) groups is 2. The molecule has 0 saturated carbocycles. The van der Waals surface area contributed by atoms with Gasteiger partial charge in [0.05, 0.1) is 12.8 Å². The molecule has 2 amide bonds. The summed E-state index contributed by atoms with van der Waals surface area (Å²) in [5.74, 6) is 1.28. The van der Waals surface area contributed by atoms with Crippen LogP contribution in [-0.2, 0) is 11.3 Å². The van der Waals surface area contributed by atoms with Gasteiger partial charge in [-0.15, -0.1) is 10.2 Å². The van der Waals surface area contributed by atoms with Gasteiger partial charge in [-0.1, -0.05) is 25.0 Å². The summed E-state index contributed by atoms with van der Waals surface area (Å²) in [4.78, 5) is 28.7. The fourth-order valence-corrected chi connectivity index (χ4v) is 3.95. The maximum atomic E-state index is 12.6. The van der Waals surface area contributed by atoms with Gasteiger partial charge in [-0.2, -0.15) is 0 Å². The quantitative estimate of drug-likeness (QED) is 0.221. The molecular weight excluding hydrogens is 498 g/mol.